The number of anilines is 1. The number of rotatable bonds is 8. The Balaban J connectivity index is 2.19. The van der Waals surface area contributed by atoms with Crippen LogP contribution in [0.4, 0.5) is 5.82 Å². The number of hydrogen-bond acceptors (Lipinski definition) is 4. The average molecular weight is 283 g/mol. The molecule has 4 nitrogen and oxygen atoms in total. The van der Waals surface area contributed by atoms with Crippen molar-refractivity contribution < 1.29 is 4.74 Å². The van der Waals surface area contributed by atoms with Crippen molar-refractivity contribution in [2.75, 3.05) is 18.5 Å². The molecule has 0 unspecified atom stereocenters. The van der Waals surface area contributed by atoms with Gasteiger partial charge in [0.2, 0.25) is 5.88 Å². The van der Waals surface area contributed by atoms with Gasteiger partial charge in [0.25, 0.3) is 0 Å². The van der Waals surface area contributed by atoms with Gasteiger partial charge in [0.15, 0.2) is 5.82 Å². The summed E-state index contributed by atoms with van der Waals surface area (Å²) in [7, 11) is 0. The summed E-state index contributed by atoms with van der Waals surface area (Å²) in [6.45, 7) is 7.18. The molecule has 21 heavy (non-hydrogen) atoms. The predicted molar refractivity (Wildman–Crippen MR) is 86.6 cm³/mol. The van der Waals surface area contributed by atoms with Crippen LogP contribution in [0.25, 0.3) is 11.4 Å². The maximum absolute atomic E-state index is 5.72. The van der Waals surface area contributed by atoms with E-state index in [2.05, 4.69) is 21.9 Å². The van der Waals surface area contributed by atoms with Gasteiger partial charge in [-0.2, -0.15) is 4.98 Å². The second-order valence-corrected chi connectivity index (χ2v) is 4.59. The van der Waals surface area contributed by atoms with Gasteiger partial charge in [-0.3, -0.25) is 0 Å². The Labute approximate surface area is 125 Å². The van der Waals surface area contributed by atoms with Gasteiger partial charge in [-0.1, -0.05) is 36.4 Å². The van der Waals surface area contributed by atoms with Crippen molar-refractivity contribution in [1.82, 2.24) is 9.97 Å². The van der Waals surface area contributed by atoms with E-state index in [1.807, 2.05) is 49.4 Å². The van der Waals surface area contributed by atoms with E-state index < -0.39 is 0 Å². The number of nitrogens with zero attached hydrogens (tertiary/aromatic N) is 2. The van der Waals surface area contributed by atoms with E-state index in [4.69, 9.17) is 4.74 Å². The van der Waals surface area contributed by atoms with Gasteiger partial charge in [-0.15, -0.1) is 6.58 Å². The fraction of sp³-hybridized carbons (Fsp3) is 0.294. The van der Waals surface area contributed by atoms with E-state index in [0.29, 0.717) is 18.3 Å². The van der Waals surface area contributed by atoms with Crippen LogP contribution >= 0.6 is 0 Å². The standard InChI is InChI=1S/C17H21N3O/c1-3-5-9-12-21-16-13-15(18-4-2)19-17(20-16)14-10-7-6-8-11-14/h3,6-8,10-11,13H,1,4-5,9,12H2,2H3,(H,18,19,20). The number of unbranched alkanes of at least 4 members (excludes halogenated alkanes) is 1. The summed E-state index contributed by atoms with van der Waals surface area (Å²) in [4.78, 5) is 9.00. The maximum atomic E-state index is 5.72. The van der Waals surface area contributed by atoms with E-state index in [9.17, 15) is 0 Å². The number of allylic oxidation sites excluding steroid dienone is 1. The molecule has 0 amide bonds. The van der Waals surface area contributed by atoms with Gasteiger partial charge in [-0.25, -0.2) is 4.98 Å². The Morgan fingerprint density at radius 3 is 2.76 bits per heavy atom. The smallest absolute Gasteiger partial charge is 0.219 e. The topological polar surface area (TPSA) is 47.0 Å². The first-order valence-corrected chi connectivity index (χ1v) is 7.25. The van der Waals surface area contributed by atoms with Crippen molar-refractivity contribution in [3.05, 3.63) is 49.1 Å². The maximum Gasteiger partial charge on any atom is 0.219 e. The van der Waals surface area contributed by atoms with E-state index in [-0.39, 0.29) is 0 Å². The molecule has 0 saturated carbocycles. The lowest BCUT2D eigenvalue weighted by atomic mass is 10.2. The Morgan fingerprint density at radius 1 is 1.24 bits per heavy atom. The van der Waals surface area contributed by atoms with E-state index in [0.717, 1.165) is 30.8 Å². The average Bonchev–Trinajstić information content (AvgIpc) is 2.53. The molecule has 0 bridgehead atoms. The van der Waals surface area contributed by atoms with Crippen LogP contribution in [0.2, 0.25) is 0 Å². The molecule has 1 aromatic carbocycles. The third kappa shape index (κ3) is 4.60. The fourth-order valence-electron chi connectivity index (χ4n) is 1.89. The molecule has 4 heteroatoms. The molecule has 1 N–H and O–H groups in total. The normalized spacial score (nSPS) is 10.1. The third-order valence-electron chi connectivity index (χ3n) is 2.90. The summed E-state index contributed by atoms with van der Waals surface area (Å²) in [6, 6.07) is 11.7. The largest absolute Gasteiger partial charge is 0.478 e. The molecule has 2 aromatic rings. The minimum absolute atomic E-state index is 0.601. The van der Waals surface area contributed by atoms with Crippen LogP contribution in [0.1, 0.15) is 19.8 Å². The molecular weight excluding hydrogens is 262 g/mol. The third-order valence-corrected chi connectivity index (χ3v) is 2.90. The zero-order chi connectivity index (χ0) is 14.9. The van der Waals surface area contributed by atoms with Crippen molar-refractivity contribution in [3.63, 3.8) is 0 Å². The van der Waals surface area contributed by atoms with Gasteiger partial charge in [0, 0.05) is 18.2 Å². The van der Waals surface area contributed by atoms with E-state index in [1.165, 1.54) is 0 Å². The monoisotopic (exact) mass is 283 g/mol. The second-order valence-electron chi connectivity index (χ2n) is 4.59. The molecule has 0 atom stereocenters. The summed E-state index contributed by atoms with van der Waals surface area (Å²) in [5, 5.41) is 3.21. The first-order valence-electron chi connectivity index (χ1n) is 7.25. The first-order chi connectivity index (χ1) is 10.3. The molecule has 0 aliphatic carbocycles. The number of aromatic nitrogens is 2. The van der Waals surface area contributed by atoms with Crippen LogP contribution in [-0.2, 0) is 0 Å². The van der Waals surface area contributed by atoms with Crippen molar-refractivity contribution >= 4 is 5.82 Å². The Morgan fingerprint density at radius 2 is 2.05 bits per heavy atom. The van der Waals surface area contributed by atoms with E-state index >= 15 is 0 Å². The van der Waals surface area contributed by atoms with Gasteiger partial charge in [0.1, 0.15) is 5.82 Å². The van der Waals surface area contributed by atoms with Gasteiger partial charge in [-0.05, 0) is 19.8 Å². The lowest BCUT2D eigenvalue weighted by molar-refractivity contribution is 0.300. The van der Waals surface area contributed by atoms with Crippen LogP contribution in [0.5, 0.6) is 5.88 Å². The number of ether oxygens (including phenoxy) is 1. The van der Waals surface area contributed by atoms with Crippen LogP contribution in [0.15, 0.2) is 49.1 Å². The first kappa shape index (κ1) is 15.0. The number of benzene rings is 1. The lowest BCUT2D eigenvalue weighted by Crippen LogP contribution is -2.05. The molecule has 0 aliphatic heterocycles. The molecule has 2 rings (SSSR count). The zero-order valence-corrected chi connectivity index (χ0v) is 12.4. The molecule has 1 heterocycles. The van der Waals surface area contributed by atoms with Crippen molar-refractivity contribution in [1.29, 1.82) is 0 Å². The number of nitrogens with one attached hydrogen (secondary N) is 1. The summed E-state index contributed by atoms with van der Waals surface area (Å²) in [5.41, 5.74) is 0.980. The summed E-state index contributed by atoms with van der Waals surface area (Å²) < 4.78 is 5.72. The molecule has 0 saturated heterocycles. The van der Waals surface area contributed by atoms with E-state index in [1.54, 1.807) is 0 Å². The zero-order valence-electron chi connectivity index (χ0n) is 12.4. The highest BCUT2D eigenvalue weighted by Gasteiger charge is 2.07. The Bertz CT molecular complexity index is 570. The van der Waals surface area contributed by atoms with Crippen LogP contribution in [0, 0.1) is 0 Å². The van der Waals surface area contributed by atoms with Gasteiger partial charge >= 0.3 is 0 Å². The minimum Gasteiger partial charge on any atom is -0.478 e. The molecule has 110 valence electrons. The van der Waals surface area contributed by atoms with Gasteiger partial charge < -0.3 is 10.1 Å². The highest BCUT2D eigenvalue weighted by atomic mass is 16.5. The molecule has 0 radical (unpaired) electrons. The number of hydrogen-bond donors (Lipinski definition) is 1. The van der Waals surface area contributed by atoms with Crippen LogP contribution in [0.3, 0.4) is 0 Å². The Hall–Kier alpha value is -2.36. The van der Waals surface area contributed by atoms with Gasteiger partial charge in [0.05, 0.1) is 6.61 Å². The second kappa shape index (κ2) is 8.04. The summed E-state index contributed by atoms with van der Waals surface area (Å²) in [6.07, 6.45) is 3.77. The van der Waals surface area contributed by atoms with Crippen LogP contribution in [-0.4, -0.2) is 23.1 Å². The van der Waals surface area contributed by atoms with Crippen molar-refractivity contribution in [2.45, 2.75) is 19.8 Å². The summed E-state index contributed by atoms with van der Waals surface area (Å²) >= 11 is 0. The predicted octanol–water partition coefficient (Wildman–Crippen LogP) is 3.92. The Kier molecular flexibility index (Phi) is 5.76. The quantitative estimate of drug-likeness (QED) is 0.589. The highest BCUT2D eigenvalue weighted by Crippen LogP contribution is 2.21. The SMILES string of the molecule is C=CCCCOc1cc(NCC)nc(-c2ccccc2)n1. The van der Waals surface area contributed by atoms with Crippen LogP contribution < -0.4 is 10.1 Å². The van der Waals surface area contributed by atoms with Crippen molar-refractivity contribution in [3.8, 4) is 17.3 Å². The summed E-state index contributed by atoms with van der Waals surface area (Å²) in [5.74, 6) is 2.06. The molecule has 0 spiro atoms. The molecule has 0 aliphatic rings. The fourth-order valence-corrected chi connectivity index (χ4v) is 1.89. The lowest BCUT2D eigenvalue weighted by Gasteiger charge is -2.10. The molecule has 0 fully saturated rings. The minimum atomic E-state index is 0.601. The highest BCUT2D eigenvalue weighted by molar-refractivity contribution is 5.58. The molecule has 1 aromatic heterocycles. The molecular formula is C17H21N3O. The van der Waals surface area contributed by atoms with Crippen molar-refractivity contribution in [2.24, 2.45) is 0 Å².